The molecule has 1 aromatic carbocycles. The van der Waals surface area contributed by atoms with Crippen LogP contribution in [0.5, 0.6) is 0 Å². The fourth-order valence-corrected chi connectivity index (χ4v) is 3.05. The molecule has 1 saturated heterocycles. The lowest BCUT2D eigenvalue weighted by atomic mass is 10.0. The van der Waals surface area contributed by atoms with Crippen LogP contribution in [0.25, 0.3) is 0 Å². The average molecular weight is 317 g/mol. The maximum Gasteiger partial charge on any atom is 0.239 e. The molecule has 23 heavy (non-hydrogen) atoms. The normalized spacial score (nSPS) is 16.9. The van der Waals surface area contributed by atoms with Crippen molar-refractivity contribution in [2.24, 2.45) is 0 Å². The Kier molecular flexibility index (Phi) is 6.16. The molecule has 0 unspecified atom stereocenters. The Balaban J connectivity index is 1.80. The van der Waals surface area contributed by atoms with Gasteiger partial charge in [0.05, 0.1) is 6.04 Å². The zero-order valence-electron chi connectivity index (χ0n) is 14.3. The van der Waals surface area contributed by atoms with Gasteiger partial charge in [0.2, 0.25) is 11.8 Å². The Morgan fingerprint density at radius 3 is 2.43 bits per heavy atom. The summed E-state index contributed by atoms with van der Waals surface area (Å²) in [4.78, 5) is 27.5. The Morgan fingerprint density at radius 1 is 1.26 bits per heavy atom. The van der Waals surface area contributed by atoms with Crippen molar-refractivity contribution in [3.8, 4) is 0 Å². The van der Waals surface area contributed by atoms with Crippen molar-refractivity contribution in [2.45, 2.75) is 45.3 Å². The number of rotatable bonds is 5. The molecule has 0 radical (unpaired) electrons. The summed E-state index contributed by atoms with van der Waals surface area (Å²) in [6.45, 7) is 5.69. The molecule has 0 aliphatic carbocycles. The smallest absolute Gasteiger partial charge is 0.239 e. The maximum atomic E-state index is 12.5. The molecule has 1 aliphatic heterocycles. The molecule has 5 heteroatoms. The van der Waals surface area contributed by atoms with Gasteiger partial charge in [-0.05, 0) is 25.3 Å². The first kappa shape index (κ1) is 17.5. The highest BCUT2D eigenvalue weighted by atomic mass is 16.2. The lowest BCUT2D eigenvalue weighted by Gasteiger charge is -2.33. The van der Waals surface area contributed by atoms with Gasteiger partial charge in [-0.1, -0.05) is 30.3 Å². The molecule has 1 atom stereocenters. The molecule has 1 heterocycles. The van der Waals surface area contributed by atoms with E-state index in [1.165, 1.54) is 0 Å². The number of likely N-dealkylation sites (N-methyl/N-ethyl adjacent to an activating group) is 1. The third kappa shape index (κ3) is 5.06. The number of nitrogens with one attached hydrogen (secondary N) is 1. The van der Waals surface area contributed by atoms with Crippen LogP contribution in [0, 0.1) is 0 Å². The van der Waals surface area contributed by atoms with Gasteiger partial charge in [0, 0.05) is 39.6 Å². The van der Waals surface area contributed by atoms with E-state index < -0.39 is 0 Å². The van der Waals surface area contributed by atoms with Crippen LogP contribution in [-0.2, 0) is 16.1 Å². The number of carbonyl (C=O) groups excluding carboxylic acids is 2. The predicted molar refractivity (Wildman–Crippen MR) is 90.8 cm³/mol. The third-order valence-electron chi connectivity index (χ3n) is 4.44. The summed E-state index contributed by atoms with van der Waals surface area (Å²) in [5, 5.41) is 3.42. The highest BCUT2D eigenvalue weighted by Gasteiger charge is 2.25. The zero-order valence-corrected chi connectivity index (χ0v) is 14.3. The van der Waals surface area contributed by atoms with E-state index in [0.717, 1.165) is 31.5 Å². The second-order valence-electron chi connectivity index (χ2n) is 6.35. The summed E-state index contributed by atoms with van der Waals surface area (Å²) in [5.41, 5.74) is 1.13. The van der Waals surface area contributed by atoms with Crippen molar-refractivity contribution in [1.82, 2.24) is 15.1 Å². The van der Waals surface area contributed by atoms with Crippen LogP contribution in [-0.4, -0.2) is 53.8 Å². The summed E-state index contributed by atoms with van der Waals surface area (Å²) in [5.74, 6) is 0.234. The van der Waals surface area contributed by atoms with Crippen molar-refractivity contribution >= 4 is 11.8 Å². The Labute approximate surface area is 138 Å². The van der Waals surface area contributed by atoms with Crippen molar-refractivity contribution in [3.63, 3.8) is 0 Å². The minimum atomic E-state index is -0.211. The maximum absolute atomic E-state index is 12.5. The van der Waals surface area contributed by atoms with Crippen LogP contribution in [0.1, 0.15) is 32.3 Å². The van der Waals surface area contributed by atoms with Gasteiger partial charge < -0.3 is 15.1 Å². The summed E-state index contributed by atoms with van der Waals surface area (Å²) in [7, 11) is 1.84. The number of amides is 2. The lowest BCUT2D eigenvalue weighted by molar-refractivity contribution is -0.133. The molecule has 1 N–H and O–H groups in total. The molecule has 1 fully saturated rings. The number of benzene rings is 1. The number of nitrogens with zero attached hydrogens (tertiary/aromatic N) is 2. The Hall–Kier alpha value is -1.88. The van der Waals surface area contributed by atoms with Crippen LogP contribution in [0.2, 0.25) is 0 Å². The molecule has 2 amide bonds. The van der Waals surface area contributed by atoms with Crippen LogP contribution in [0.4, 0.5) is 0 Å². The number of carbonyl (C=O) groups is 2. The number of piperidine rings is 1. The minimum absolute atomic E-state index is 0.0999. The van der Waals surface area contributed by atoms with E-state index in [0.29, 0.717) is 12.6 Å². The fourth-order valence-electron chi connectivity index (χ4n) is 3.05. The average Bonchev–Trinajstić information content (AvgIpc) is 2.55. The van der Waals surface area contributed by atoms with E-state index in [1.807, 2.05) is 49.2 Å². The topological polar surface area (TPSA) is 52.7 Å². The van der Waals surface area contributed by atoms with Crippen LogP contribution in [0.15, 0.2) is 30.3 Å². The molecule has 126 valence electrons. The summed E-state index contributed by atoms with van der Waals surface area (Å²) in [6, 6.07) is 10.1. The van der Waals surface area contributed by atoms with E-state index in [2.05, 4.69) is 5.32 Å². The van der Waals surface area contributed by atoms with Crippen LogP contribution < -0.4 is 5.32 Å². The molecule has 2 rings (SSSR count). The molecule has 0 spiro atoms. The SMILES string of the molecule is CC(=O)N1CCC(N[C@@H](C)C(=O)N(C)Cc2ccccc2)CC1. The highest BCUT2D eigenvalue weighted by Crippen LogP contribution is 2.12. The number of likely N-dealkylation sites (tertiary alicyclic amines) is 1. The second-order valence-corrected chi connectivity index (χ2v) is 6.35. The molecular weight excluding hydrogens is 290 g/mol. The molecule has 0 aromatic heterocycles. The van der Waals surface area contributed by atoms with Gasteiger partial charge in [-0.3, -0.25) is 9.59 Å². The van der Waals surface area contributed by atoms with Gasteiger partial charge in [-0.15, -0.1) is 0 Å². The van der Waals surface area contributed by atoms with E-state index in [4.69, 9.17) is 0 Å². The Morgan fingerprint density at radius 2 is 1.87 bits per heavy atom. The monoisotopic (exact) mass is 317 g/mol. The van der Waals surface area contributed by atoms with Crippen molar-refractivity contribution in [3.05, 3.63) is 35.9 Å². The van der Waals surface area contributed by atoms with Gasteiger partial charge in [0.1, 0.15) is 0 Å². The molecular formula is C18H27N3O2. The summed E-state index contributed by atoms with van der Waals surface area (Å²) < 4.78 is 0. The van der Waals surface area contributed by atoms with E-state index in [1.54, 1.807) is 11.8 Å². The minimum Gasteiger partial charge on any atom is -0.343 e. The number of hydrogen-bond acceptors (Lipinski definition) is 3. The first-order chi connectivity index (χ1) is 11.0. The molecule has 5 nitrogen and oxygen atoms in total. The van der Waals surface area contributed by atoms with Crippen LogP contribution in [0.3, 0.4) is 0 Å². The van der Waals surface area contributed by atoms with Crippen LogP contribution >= 0.6 is 0 Å². The van der Waals surface area contributed by atoms with Gasteiger partial charge in [-0.25, -0.2) is 0 Å². The standard InChI is InChI=1S/C18H27N3O2/c1-14(19-17-9-11-21(12-10-17)15(2)22)18(23)20(3)13-16-7-5-4-6-8-16/h4-8,14,17,19H,9-13H2,1-3H3/t14-/m0/s1. The van der Waals surface area contributed by atoms with Gasteiger partial charge >= 0.3 is 0 Å². The highest BCUT2D eigenvalue weighted by molar-refractivity contribution is 5.81. The van der Waals surface area contributed by atoms with Crippen molar-refractivity contribution < 1.29 is 9.59 Å². The summed E-state index contributed by atoms with van der Waals surface area (Å²) in [6.07, 6.45) is 1.80. The molecule has 0 bridgehead atoms. The van der Waals surface area contributed by atoms with E-state index >= 15 is 0 Å². The van der Waals surface area contributed by atoms with E-state index in [9.17, 15) is 9.59 Å². The van der Waals surface area contributed by atoms with Gasteiger partial charge in [0.25, 0.3) is 0 Å². The number of hydrogen-bond donors (Lipinski definition) is 1. The zero-order chi connectivity index (χ0) is 16.8. The van der Waals surface area contributed by atoms with Crippen molar-refractivity contribution in [2.75, 3.05) is 20.1 Å². The lowest BCUT2D eigenvalue weighted by Crippen LogP contribution is -2.51. The molecule has 1 aromatic rings. The van der Waals surface area contributed by atoms with Crippen molar-refractivity contribution in [1.29, 1.82) is 0 Å². The summed E-state index contributed by atoms with van der Waals surface area (Å²) >= 11 is 0. The van der Waals surface area contributed by atoms with E-state index in [-0.39, 0.29) is 17.9 Å². The predicted octanol–water partition coefficient (Wildman–Crippen LogP) is 1.63. The first-order valence-corrected chi connectivity index (χ1v) is 8.28. The third-order valence-corrected chi connectivity index (χ3v) is 4.44. The van der Waals surface area contributed by atoms with Gasteiger partial charge in [-0.2, -0.15) is 0 Å². The van der Waals surface area contributed by atoms with Gasteiger partial charge in [0.15, 0.2) is 0 Å². The quantitative estimate of drug-likeness (QED) is 0.898. The Bertz CT molecular complexity index is 524. The molecule has 0 saturated carbocycles. The first-order valence-electron chi connectivity index (χ1n) is 8.28. The second kappa shape index (κ2) is 8.11. The fraction of sp³-hybridized carbons (Fsp3) is 0.556. The molecule has 1 aliphatic rings. The largest absolute Gasteiger partial charge is 0.343 e.